The van der Waals surface area contributed by atoms with Gasteiger partial charge in [-0.1, -0.05) is 18.2 Å². The number of hydrazine groups is 1. The number of aromatic nitrogens is 3. The SMILES string of the molecule is CCn1c(-c2cccc(C)c2C)nc(NN)nc1=O. The third-order valence-corrected chi connectivity index (χ3v) is 3.19. The summed E-state index contributed by atoms with van der Waals surface area (Å²) in [5.41, 5.74) is 5.12. The monoisotopic (exact) mass is 259 g/mol. The van der Waals surface area contributed by atoms with Gasteiger partial charge in [0, 0.05) is 12.1 Å². The van der Waals surface area contributed by atoms with Crippen LogP contribution in [-0.4, -0.2) is 14.5 Å². The number of hydrogen-bond acceptors (Lipinski definition) is 5. The molecule has 1 heterocycles. The van der Waals surface area contributed by atoms with E-state index in [1.807, 2.05) is 39.0 Å². The van der Waals surface area contributed by atoms with Gasteiger partial charge < -0.3 is 0 Å². The van der Waals surface area contributed by atoms with Crippen molar-refractivity contribution in [1.82, 2.24) is 14.5 Å². The smallest absolute Gasteiger partial charge is 0.292 e. The van der Waals surface area contributed by atoms with Gasteiger partial charge in [-0.05, 0) is 31.9 Å². The number of aryl methyl sites for hydroxylation is 1. The summed E-state index contributed by atoms with van der Waals surface area (Å²) in [6.07, 6.45) is 0. The van der Waals surface area contributed by atoms with Crippen molar-refractivity contribution in [2.45, 2.75) is 27.3 Å². The lowest BCUT2D eigenvalue weighted by molar-refractivity contribution is 0.686. The predicted octanol–water partition coefficient (Wildman–Crippen LogP) is 1.23. The van der Waals surface area contributed by atoms with Crippen LogP contribution in [0.3, 0.4) is 0 Å². The molecule has 2 aromatic rings. The van der Waals surface area contributed by atoms with Gasteiger partial charge in [-0.15, -0.1) is 0 Å². The minimum absolute atomic E-state index is 0.130. The van der Waals surface area contributed by atoms with Crippen LogP contribution in [0.1, 0.15) is 18.1 Å². The zero-order valence-electron chi connectivity index (χ0n) is 11.3. The molecular formula is C13H17N5O. The van der Waals surface area contributed by atoms with E-state index < -0.39 is 0 Å². The summed E-state index contributed by atoms with van der Waals surface area (Å²) in [4.78, 5) is 20.0. The zero-order chi connectivity index (χ0) is 14.0. The number of nitrogens with one attached hydrogen (secondary N) is 1. The first-order valence-electron chi connectivity index (χ1n) is 6.10. The number of nitrogen functional groups attached to an aromatic ring is 1. The molecule has 3 N–H and O–H groups in total. The molecule has 0 aliphatic rings. The first-order chi connectivity index (χ1) is 9.08. The highest BCUT2D eigenvalue weighted by Gasteiger charge is 2.13. The molecule has 6 heteroatoms. The molecule has 0 spiro atoms. The van der Waals surface area contributed by atoms with E-state index in [4.69, 9.17) is 5.84 Å². The molecule has 0 amide bonds. The highest BCUT2D eigenvalue weighted by molar-refractivity contribution is 5.62. The summed E-state index contributed by atoms with van der Waals surface area (Å²) in [5, 5.41) is 0. The number of hydrogen-bond donors (Lipinski definition) is 2. The maximum atomic E-state index is 11.9. The third-order valence-electron chi connectivity index (χ3n) is 3.19. The molecule has 0 aliphatic carbocycles. The van der Waals surface area contributed by atoms with E-state index in [0.717, 1.165) is 16.7 Å². The quantitative estimate of drug-likeness (QED) is 0.639. The average Bonchev–Trinajstić information content (AvgIpc) is 2.41. The summed E-state index contributed by atoms with van der Waals surface area (Å²) in [5.74, 6) is 6.01. The molecule has 0 saturated carbocycles. The number of nitrogens with zero attached hydrogens (tertiary/aromatic N) is 3. The van der Waals surface area contributed by atoms with E-state index in [9.17, 15) is 4.79 Å². The number of anilines is 1. The minimum atomic E-state index is -0.360. The molecular weight excluding hydrogens is 242 g/mol. The van der Waals surface area contributed by atoms with Crippen LogP contribution in [0.4, 0.5) is 5.95 Å². The van der Waals surface area contributed by atoms with Crippen LogP contribution < -0.4 is 17.0 Å². The van der Waals surface area contributed by atoms with Crippen molar-refractivity contribution in [2.24, 2.45) is 5.84 Å². The second-order valence-electron chi connectivity index (χ2n) is 4.29. The van der Waals surface area contributed by atoms with E-state index in [1.165, 1.54) is 4.57 Å². The molecule has 0 radical (unpaired) electrons. The lowest BCUT2D eigenvalue weighted by Gasteiger charge is -2.13. The topological polar surface area (TPSA) is 85.8 Å². The van der Waals surface area contributed by atoms with Gasteiger partial charge >= 0.3 is 5.69 Å². The number of nitrogens with two attached hydrogens (primary N) is 1. The highest BCUT2D eigenvalue weighted by atomic mass is 16.1. The van der Waals surface area contributed by atoms with Gasteiger partial charge in [-0.2, -0.15) is 9.97 Å². The number of benzene rings is 1. The highest BCUT2D eigenvalue weighted by Crippen LogP contribution is 2.23. The molecule has 6 nitrogen and oxygen atoms in total. The Morgan fingerprint density at radius 2 is 2.05 bits per heavy atom. The van der Waals surface area contributed by atoms with Crippen LogP contribution in [0.2, 0.25) is 0 Å². The molecule has 19 heavy (non-hydrogen) atoms. The summed E-state index contributed by atoms with van der Waals surface area (Å²) in [6, 6.07) is 5.91. The van der Waals surface area contributed by atoms with Gasteiger partial charge in [0.2, 0.25) is 5.95 Å². The van der Waals surface area contributed by atoms with Crippen molar-refractivity contribution in [3.63, 3.8) is 0 Å². The zero-order valence-corrected chi connectivity index (χ0v) is 11.3. The Labute approximate surface area is 111 Å². The van der Waals surface area contributed by atoms with Crippen molar-refractivity contribution in [3.05, 3.63) is 39.8 Å². The molecule has 0 unspecified atom stereocenters. The van der Waals surface area contributed by atoms with E-state index in [-0.39, 0.29) is 11.6 Å². The van der Waals surface area contributed by atoms with Crippen molar-refractivity contribution in [3.8, 4) is 11.4 Å². The first kappa shape index (κ1) is 13.2. The molecule has 1 aromatic carbocycles. The Bertz CT molecular complexity index is 663. The van der Waals surface area contributed by atoms with Crippen LogP contribution in [-0.2, 0) is 6.54 Å². The maximum absolute atomic E-state index is 11.9. The normalized spacial score (nSPS) is 10.5. The van der Waals surface area contributed by atoms with Gasteiger partial charge in [-0.3, -0.25) is 9.99 Å². The van der Waals surface area contributed by atoms with Crippen LogP contribution in [0.5, 0.6) is 0 Å². The second-order valence-corrected chi connectivity index (χ2v) is 4.29. The standard InChI is InChI=1S/C13H17N5O/c1-4-18-11(15-12(17-14)16-13(18)19)10-7-5-6-8(2)9(10)3/h5-7H,4,14H2,1-3H3,(H,16,17,19). The van der Waals surface area contributed by atoms with Crippen molar-refractivity contribution in [1.29, 1.82) is 0 Å². The summed E-state index contributed by atoms with van der Waals surface area (Å²) < 4.78 is 1.53. The van der Waals surface area contributed by atoms with Gasteiger partial charge in [0.05, 0.1) is 0 Å². The molecule has 2 rings (SSSR count). The fraction of sp³-hybridized carbons (Fsp3) is 0.308. The van der Waals surface area contributed by atoms with Crippen molar-refractivity contribution >= 4 is 5.95 Å². The van der Waals surface area contributed by atoms with E-state index in [2.05, 4.69) is 15.4 Å². The molecule has 0 saturated heterocycles. The fourth-order valence-electron chi connectivity index (χ4n) is 1.98. The Balaban J connectivity index is 2.76. The summed E-state index contributed by atoms with van der Waals surface area (Å²) in [7, 11) is 0. The second kappa shape index (κ2) is 5.19. The van der Waals surface area contributed by atoms with Gasteiger partial charge in [0.25, 0.3) is 0 Å². The fourth-order valence-corrected chi connectivity index (χ4v) is 1.98. The Kier molecular flexibility index (Phi) is 3.62. The summed E-state index contributed by atoms with van der Waals surface area (Å²) >= 11 is 0. The molecule has 0 bridgehead atoms. The Hall–Kier alpha value is -2.21. The molecule has 100 valence electrons. The van der Waals surface area contributed by atoms with Gasteiger partial charge in [0.15, 0.2) is 0 Å². The van der Waals surface area contributed by atoms with Crippen molar-refractivity contribution < 1.29 is 0 Å². The van der Waals surface area contributed by atoms with Crippen LogP contribution in [0.15, 0.2) is 23.0 Å². The third kappa shape index (κ3) is 2.34. The van der Waals surface area contributed by atoms with Crippen LogP contribution >= 0.6 is 0 Å². The van der Waals surface area contributed by atoms with Crippen LogP contribution in [0, 0.1) is 13.8 Å². The molecule has 0 aliphatic heterocycles. The van der Waals surface area contributed by atoms with E-state index in [0.29, 0.717) is 12.4 Å². The maximum Gasteiger partial charge on any atom is 0.352 e. The van der Waals surface area contributed by atoms with E-state index >= 15 is 0 Å². The first-order valence-corrected chi connectivity index (χ1v) is 6.10. The lowest BCUT2D eigenvalue weighted by atomic mass is 10.0. The predicted molar refractivity (Wildman–Crippen MR) is 74.7 cm³/mol. The molecule has 0 fully saturated rings. The van der Waals surface area contributed by atoms with Gasteiger partial charge in [0.1, 0.15) is 5.82 Å². The van der Waals surface area contributed by atoms with E-state index in [1.54, 1.807) is 0 Å². The lowest BCUT2D eigenvalue weighted by Crippen LogP contribution is -2.28. The largest absolute Gasteiger partial charge is 0.352 e. The number of rotatable bonds is 3. The Morgan fingerprint density at radius 3 is 2.68 bits per heavy atom. The Morgan fingerprint density at radius 1 is 1.32 bits per heavy atom. The molecule has 0 atom stereocenters. The van der Waals surface area contributed by atoms with Crippen molar-refractivity contribution in [2.75, 3.05) is 5.43 Å². The molecule has 1 aromatic heterocycles. The minimum Gasteiger partial charge on any atom is -0.292 e. The summed E-state index contributed by atoms with van der Waals surface area (Å²) in [6.45, 7) is 6.42. The van der Waals surface area contributed by atoms with Crippen LogP contribution in [0.25, 0.3) is 11.4 Å². The van der Waals surface area contributed by atoms with Gasteiger partial charge in [-0.25, -0.2) is 10.6 Å². The average molecular weight is 259 g/mol.